The Bertz CT molecular complexity index is 1040. The van der Waals surface area contributed by atoms with Crippen molar-refractivity contribution in [2.75, 3.05) is 18.0 Å². The van der Waals surface area contributed by atoms with Crippen molar-refractivity contribution in [1.82, 2.24) is 19.9 Å². The van der Waals surface area contributed by atoms with E-state index in [1.54, 1.807) is 6.33 Å². The number of nitrogens with zero attached hydrogens (tertiary/aromatic N) is 6. The molecule has 0 aliphatic carbocycles. The van der Waals surface area contributed by atoms with Gasteiger partial charge in [-0.2, -0.15) is 0 Å². The molecule has 1 aromatic carbocycles. The van der Waals surface area contributed by atoms with Gasteiger partial charge in [0.25, 0.3) is 0 Å². The number of anilines is 1. The highest BCUT2D eigenvalue weighted by Gasteiger charge is 2.26. The Labute approximate surface area is 163 Å². The molecular weight excluding hydrogens is 352 g/mol. The van der Waals surface area contributed by atoms with Gasteiger partial charge in [0.05, 0.1) is 29.3 Å². The summed E-state index contributed by atoms with van der Waals surface area (Å²) in [7, 11) is 0. The van der Waals surface area contributed by atoms with E-state index in [0.717, 1.165) is 52.7 Å². The first kappa shape index (κ1) is 16.9. The van der Waals surface area contributed by atoms with E-state index in [2.05, 4.69) is 49.7 Å². The minimum absolute atomic E-state index is 0.180. The normalized spacial score (nSPS) is 20.9. The molecular formula is C21H20N6O. The average molecular weight is 372 g/mol. The van der Waals surface area contributed by atoms with Crippen molar-refractivity contribution < 1.29 is 4.74 Å². The summed E-state index contributed by atoms with van der Waals surface area (Å²) in [6.07, 6.45) is 7.14. The lowest BCUT2D eigenvalue weighted by Gasteiger charge is -2.36. The molecule has 0 saturated carbocycles. The molecule has 2 unspecified atom stereocenters. The summed E-state index contributed by atoms with van der Waals surface area (Å²) in [6, 6.07) is 8.20. The van der Waals surface area contributed by atoms with Gasteiger partial charge in [0.2, 0.25) is 0 Å². The second-order valence-electron chi connectivity index (χ2n) is 7.24. The van der Waals surface area contributed by atoms with Crippen LogP contribution < -0.4 is 4.90 Å². The van der Waals surface area contributed by atoms with Crippen LogP contribution in [0.4, 0.5) is 11.5 Å². The van der Waals surface area contributed by atoms with Crippen molar-refractivity contribution in [3.8, 4) is 11.1 Å². The Kier molecular flexibility index (Phi) is 4.09. The van der Waals surface area contributed by atoms with E-state index in [1.165, 1.54) is 6.33 Å². The number of hydrogen-bond donors (Lipinski definition) is 0. The third-order valence-corrected chi connectivity index (χ3v) is 5.02. The summed E-state index contributed by atoms with van der Waals surface area (Å²) < 4.78 is 5.83. The predicted octanol–water partition coefficient (Wildman–Crippen LogP) is 3.03. The molecule has 2 atom stereocenters. The van der Waals surface area contributed by atoms with E-state index >= 15 is 0 Å². The lowest BCUT2D eigenvalue weighted by molar-refractivity contribution is -0.00546. The number of rotatable bonds is 3. The highest BCUT2D eigenvalue weighted by molar-refractivity contribution is 6.21. The second kappa shape index (κ2) is 6.76. The maximum Gasteiger partial charge on any atom is 0.132 e. The maximum absolute atomic E-state index is 5.83. The smallest absolute Gasteiger partial charge is 0.132 e. The van der Waals surface area contributed by atoms with Crippen LogP contribution in [0.5, 0.6) is 0 Å². The van der Waals surface area contributed by atoms with Crippen LogP contribution >= 0.6 is 0 Å². The van der Waals surface area contributed by atoms with E-state index in [1.807, 2.05) is 30.6 Å². The van der Waals surface area contributed by atoms with Crippen molar-refractivity contribution in [3.63, 3.8) is 0 Å². The summed E-state index contributed by atoms with van der Waals surface area (Å²) in [6.45, 7) is 5.82. The van der Waals surface area contributed by atoms with Crippen LogP contribution in [0.15, 0.2) is 54.3 Å². The molecule has 1 saturated heterocycles. The number of fused-ring (bicyclic) bond motifs is 1. The van der Waals surface area contributed by atoms with Crippen molar-refractivity contribution in [2.24, 2.45) is 4.99 Å². The van der Waals surface area contributed by atoms with E-state index in [4.69, 9.17) is 4.74 Å². The van der Waals surface area contributed by atoms with E-state index in [0.29, 0.717) is 0 Å². The zero-order valence-electron chi connectivity index (χ0n) is 15.8. The van der Waals surface area contributed by atoms with Gasteiger partial charge in [0, 0.05) is 42.7 Å². The van der Waals surface area contributed by atoms with Gasteiger partial charge in [-0.3, -0.25) is 0 Å². The van der Waals surface area contributed by atoms with Gasteiger partial charge in [-0.15, -0.1) is 0 Å². The van der Waals surface area contributed by atoms with Crippen LogP contribution in [0.2, 0.25) is 0 Å². The van der Waals surface area contributed by atoms with E-state index in [-0.39, 0.29) is 12.2 Å². The van der Waals surface area contributed by atoms with Gasteiger partial charge in [-0.25, -0.2) is 24.9 Å². The SMILES string of the molecule is CC1CN(c2cc(C3=Nc4ccc(-c5cncnc5)cc43)ncn2)CC(C)O1. The van der Waals surface area contributed by atoms with Gasteiger partial charge in [-0.1, -0.05) is 6.07 Å². The zero-order chi connectivity index (χ0) is 19.1. The van der Waals surface area contributed by atoms with Gasteiger partial charge in [0.1, 0.15) is 18.5 Å². The first-order chi connectivity index (χ1) is 13.7. The third-order valence-electron chi connectivity index (χ3n) is 5.02. The highest BCUT2D eigenvalue weighted by Crippen LogP contribution is 2.36. The molecule has 0 radical (unpaired) electrons. The number of hydrogen-bond acceptors (Lipinski definition) is 7. The predicted molar refractivity (Wildman–Crippen MR) is 107 cm³/mol. The fourth-order valence-electron chi connectivity index (χ4n) is 3.79. The largest absolute Gasteiger partial charge is 0.372 e. The molecule has 0 amide bonds. The molecule has 1 fully saturated rings. The number of morpholine rings is 1. The van der Waals surface area contributed by atoms with Crippen LogP contribution in [-0.2, 0) is 4.74 Å². The molecule has 2 aliphatic heterocycles. The molecule has 3 aromatic rings. The van der Waals surface area contributed by atoms with Gasteiger partial charge >= 0.3 is 0 Å². The first-order valence-corrected chi connectivity index (χ1v) is 9.39. The fraction of sp³-hybridized carbons (Fsp3) is 0.286. The molecule has 2 aliphatic rings. The summed E-state index contributed by atoms with van der Waals surface area (Å²) in [5.74, 6) is 0.913. The van der Waals surface area contributed by atoms with Crippen LogP contribution in [0.25, 0.3) is 11.1 Å². The summed E-state index contributed by atoms with van der Waals surface area (Å²) >= 11 is 0. The third kappa shape index (κ3) is 3.03. The van der Waals surface area contributed by atoms with Crippen LogP contribution in [0, 0.1) is 0 Å². The van der Waals surface area contributed by atoms with Crippen LogP contribution in [0.3, 0.4) is 0 Å². The molecule has 4 heterocycles. The van der Waals surface area contributed by atoms with Crippen molar-refractivity contribution in [1.29, 1.82) is 0 Å². The van der Waals surface area contributed by atoms with E-state index < -0.39 is 0 Å². The standard InChI is InChI=1S/C21H20N6O/c1-13-9-27(10-14(2)28-13)20-6-19(24-12-25-20)21-17-5-15(3-4-18(17)26-21)16-7-22-11-23-8-16/h3-8,11-14H,9-10H2,1-2H3. The zero-order valence-corrected chi connectivity index (χ0v) is 15.8. The Hall–Kier alpha value is -3.19. The number of aliphatic imine (C=N–C) groups is 1. The monoisotopic (exact) mass is 372 g/mol. The highest BCUT2D eigenvalue weighted by atomic mass is 16.5. The first-order valence-electron chi connectivity index (χ1n) is 9.39. The van der Waals surface area contributed by atoms with E-state index in [9.17, 15) is 0 Å². The molecule has 5 rings (SSSR count). The molecule has 7 heteroatoms. The number of benzene rings is 1. The Morgan fingerprint density at radius 2 is 1.71 bits per heavy atom. The Morgan fingerprint density at radius 1 is 0.929 bits per heavy atom. The van der Waals surface area contributed by atoms with Crippen molar-refractivity contribution >= 4 is 17.2 Å². The lowest BCUT2D eigenvalue weighted by Crippen LogP contribution is -2.45. The number of aromatic nitrogens is 4. The maximum atomic E-state index is 5.83. The Morgan fingerprint density at radius 3 is 2.50 bits per heavy atom. The molecule has 0 N–H and O–H groups in total. The quantitative estimate of drug-likeness (QED) is 0.550. The minimum Gasteiger partial charge on any atom is -0.372 e. The second-order valence-corrected chi connectivity index (χ2v) is 7.24. The average Bonchev–Trinajstić information content (AvgIpc) is 2.69. The molecule has 7 nitrogen and oxygen atoms in total. The van der Waals surface area contributed by atoms with Crippen LogP contribution in [-0.4, -0.2) is 50.9 Å². The van der Waals surface area contributed by atoms with Crippen molar-refractivity contribution in [3.05, 3.63) is 60.6 Å². The molecule has 28 heavy (non-hydrogen) atoms. The summed E-state index contributed by atoms with van der Waals surface area (Å²) in [4.78, 5) is 24.1. The molecule has 140 valence electrons. The summed E-state index contributed by atoms with van der Waals surface area (Å²) in [5, 5.41) is 0. The van der Waals surface area contributed by atoms with Crippen LogP contribution in [0.1, 0.15) is 25.1 Å². The topological polar surface area (TPSA) is 76.4 Å². The minimum atomic E-state index is 0.180. The number of ether oxygens (including phenoxy) is 1. The van der Waals surface area contributed by atoms with Gasteiger partial charge in [0.15, 0.2) is 0 Å². The lowest BCUT2D eigenvalue weighted by atomic mass is 9.95. The van der Waals surface area contributed by atoms with Gasteiger partial charge in [-0.05, 0) is 31.5 Å². The summed E-state index contributed by atoms with van der Waals surface area (Å²) in [5.41, 5.74) is 5.85. The molecule has 0 bridgehead atoms. The molecule has 2 aromatic heterocycles. The van der Waals surface area contributed by atoms with Gasteiger partial charge < -0.3 is 9.64 Å². The molecule has 0 spiro atoms. The Balaban J connectivity index is 1.44. The fourth-order valence-corrected chi connectivity index (χ4v) is 3.79. The van der Waals surface area contributed by atoms with Crippen molar-refractivity contribution in [2.45, 2.75) is 26.1 Å².